The lowest BCUT2D eigenvalue weighted by molar-refractivity contribution is -0.113. The number of rotatable bonds is 8. The Hall–Kier alpha value is -4.31. The third-order valence-corrected chi connectivity index (χ3v) is 9.20. The molecule has 250 valence electrons. The van der Waals surface area contributed by atoms with Gasteiger partial charge in [-0.15, -0.1) is 0 Å². The largest absolute Gasteiger partial charge is 0.510 e. The van der Waals surface area contributed by atoms with Crippen molar-refractivity contribution in [3.63, 3.8) is 0 Å². The fraction of sp³-hybridized carbons (Fsp3) is 0.486. The third kappa shape index (κ3) is 7.81. The molecule has 2 saturated heterocycles. The monoisotopic (exact) mass is 642 g/mol. The number of carbonyl (C=O) groups is 3. The van der Waals surface area contributed by atoms with E-state index in [4.69, 9.17) is 14.2 Å². The predicted molar refractivity (Wildman–Crippen MR) is 182 cm³/mol. The van der Waals surface area contributed by atoms with Crippen LogP contribution in [0.4, 0.5) is 15.3 Å². The molecule has 10 nitrogen and oxygen atoms in total. The Balaban J connectivity index is 1.06. The van der Waals surface area contributed by atoms with E-state index in [0.29, 0.717) is 37.7 Å². The van der Waals surface area contributed by atoms with E-state index in [0.717, 1.165) is 66.5 Å². The molecule has 6 rings (SSSR count). The predicted octanol–water partition coefficient (Wildman–Crippen LogP) is 7.12. The van der Waals surface area contributed by atoms with Gasteiger partial charge in [0.15, 0.2) is 6.73 Å². The average Bonchev–Trinajstić information content (AvgIpc) is 3.54. The zero-order chi connectivity index (χ0) is 33.0. The Morgan fingerprint density at radius 2 is 1.64 bits per heavy atom. The second-order valence-electron chi connectivity index (χ2n) is 13.8. The first-order valence-corrected chi connectivity index (χ1v) is 16.9. The van der Waals surface area contributed by atoms with Gasteiger partial charge in [-0.25, -0.2) is 9.59 Å². The number of likely N-dealkylation sites (tertiary alicyclic amines) is 2. The molecule has 0 N–H and O–H groups in total. The van der Waals surface area contributed by atoms with Crippen molar-refractivity contribution in [3.05, 3.63) is 65.9 Å². The number of carbonyl (C=O) groups excluding carboxylic acids is 3. The molecule has 2 fully saturated rings. The maximum atomic E-state index is 13.8. The number of ether oxygens (including phenoxy) is 3. The Morgan fingerprint density at radius 3 is 2.40 bits per heavy atom. The van der Waals surface area contributed by atoms with Gasteiger partial charge in [0.1, 0.15) is 5.60 Å². The summed E-state index contributed by atoms with van der Waals surface area (Å²) in [6, 6.07) is 15.9. The van der Waals surface area contributed by atoms with Crippen LogP contribution in [0.25, 0.3) is 22.6 Å². The first-order valence-electron chi connectivity index (χ1n) is 16.9. The quantitative estimate of drug-likeness (QED) is 0.191. The maximum Gasteiger partial charge on any atom is 0.510 e. The Labute approximate surface area is 276 Å². The Kier molecular flexibility index (Phi) is 9.87. The number of nitrogens with zero attached hydrogens (tertiary/aromatic N) is 4. The molecule has 4 heterocycles. The van der Waals surface area contributed by atoms with Crippen molar-refractivity contribution < 1.29 is 28.6 Å². The number of piperidine rings is 2. The van der Waals surface area contributed by atoms with Crippen LogP contribution in [0.1, 0.15) is 70.4 Å². The molecule has 0 radical (unpaired) electrons. The SMILES string of the molecule is CC(C)(C)OC(=O)N1CCC(CCOC(=O)OCn2cc(C=C3C(=O)N(CN4CCCCC4)c4ccccc43)c3ccccc32)CC1. The lowest BCUT2D eigenvalue weighted by atomic mass is 9.94. The van der Waals surface area contributed by atoms with Crippen molar-refractivity contribution >= 4 is 46.4 Å². The summed E-state index contributed by atoms with van der Waals surface area (Å²) in [6.45, 7) is 9.73. The van der Waals surface area contributed by atoms with Crippen LogP contribution in [0.5, 0.6) is 0 Å². The van der Waals surface area contributed by atoms with Crippen LogP contribution in [0.2, 0.25) is 0 Å². The Bertz CT molecular complexity index is 1620. The van der Waals surface area contributed by atoms with Gasteiger partial charge in [0.25, 0.3) is 5.91 Å². The highest BCUT2D eigenvalue weighted by atomic mass is 16.7. The number of hydrogen-bond acceptors (Lipinski definition) is 7. The average molecular weight is 643 g/mol. The summed E-state index contributed by atoms with van der Waals surface area (Å²) in [5.41, 5.74) is 3.81. The van der Waals surface area contributed by atoms with E-state index in [2.05, 4.69) is 4.90 Å². The second kappa shape index (κ2) is 14.2. The second-order valence-corrected chi connectivity index (χ2v) is 13.8. The zero-order valence-electron chi connectivity index (χ0n) is 27.8. The Morgan fingerprint density at radius 1 is 0.915 bits per heavy atom. The summed E-state index contributed by atoms with van der Waals surface area (Å²) >= 11 is 0. The molecule has 1 aromatic heterocycles. The van der Waals surface area contributed by atoms with Crippen molar-refractivity contribution in [3.8, 4) is 0 Å². The molecule has 0 saturated carbocycles. The van der Waals surface area contributed by atoms with Crippen molar-refractivity contribution in [2.24, 2.45) is 5.92 Å². The third-order valence-electron chi connectivity index (χ3n) is 9.20. The molecule has 0 aliphatic carbocycles. The standard InChI is InChI=1S/C37H46N4O6/c1-37(2,3)47-35(43)39-20-15-27(16-21-39)17-22-45-36(44)46-26-40-24-28(29-11-5-7-13-32(29)40)23-31-30-12-6-8-14-33(30)41(34(31)42)25-38-18-9-4-10-19-38/h5-8,11-14,23-24,27H,4,9-10,15-22,25-26H2,1-3H3. The minimum Gasteiger partial charge on any atom is -0.444 e. The molecule has 47 heavy (non-hydrogen) atoms. The molecule has 2 amide bonds. The van der Waals surface area contributed by atoms with Crippen LogP contribution in [0.15, 0.2) is 54.7 Å². The zero-order valence-corrected chi connectivity index (χ0v) is 27.8. The fourth-order valence-corrected chi connectivity index (χ4v) is 6.74. The fourth-order valence-electron chi connectivity index (χ4n) is 6.74. The van der Waals surface area contributed by atoms with Crippen LogP contribution < -0.4 is 4.90 Å². The molecule has 0 atom stereocenters. The van der Waals surface area contributed by atoms with Crippen LogP contribution in [0, 0.1) is 5.92 Å². The highest BCUT2D eigenvalue weighted by Gasteiger charge is 2.33. The van der Waals surface area contributed by atoms with E-state index < -0.39 is 11.8 Å². The van der Waals surface area contributed by atoms with Gasteiger partial charge >= 0.3 is 12.2 Å². The van der Waals surface area contributed by atoms with Crippen molar-refractivity contribution in [2.75, 3.05) is 44.4 Å². The summed E-state index contributed by atoms with van der Waals surface area (Å²) in [4.78, 5) is 44.7. The van der Waals surface area contributed by atoms with E-state index in [1.165, 1.54) is 6.42 Å². The van der Waals surface area contributed by atoms with Crippen LogP contribution >= 0.6 is 0 Å². The maximum absolute atomic E-state index is 13.8. The number of hydrogen-bond donors (Lipinski definition) is 0. The minimum absolute atomic E-state index is 0.00365. The molecule has 3 aliphatic rings. The summed E-state index contributed by atoms with van der Waals surface area (Å²) in [7, 11) is 0. The number of fused-ring (bicyclic) bond motifs is 2. The molecular formula is C37H46N4O6. The van der Waals surface area contributed by atoms with Crippen LogP contribution in [0.3, 0.4) is 0 Å². The van der Waals surface area contributed by atoms with Gasteiger partial charge in [0.05, 0.1) is 24.5 Å². The normalized spacial score (nSPS) is 18.5. The topological polar surface area (TPSA) is 93.5 Å². The highest BCUT2D eigenvalue weighted by Crippen LogP contribution is 2.39. The van der Waals surface area contributed by atoms with Crippen LogP contribution in [-0.2, 0) is 25.7 Å². The van der Waals surface area contributed by atoms with Crippen molar-refractivity contribution in [1.82, 2.24) is 14.4 Å². The molecule has 10 heteroatoms. The summed E-state index contributed by atoms with van der Waals surface area (Å²) in [5.74, 6) is 0.369. The molecule has 0 unspecified atom stereocenters. The highest BCUT2D eigenvalue weighted by molar-refractivity contribution is 6.36. The first kappa shape index (κ1) is 32.6. The number of benzene rings is 2. The van der Waals surface area contributed by atoms with Crippen molar-refractivity contribution in [2.45, 2.75) is 71.6 Å². The van der Waals surface area contributed by atoms with E-state index in [1.54, 1.807) is 4.90 Å². The van der Waals surface area contributed by atoms with Gasteiger partial charge in [-0.2, -0.15) is 0 Å². The van der Waals surface area contributed by atoms with Gasteiger partial charge in [0, 0.05) is 41.4 Å². The summed E-state index contributed by atoms with van der Waals surface area (Å²) in [5, 5.41) is 0.967. The summed E-state index contributed by atoms with van der Waals surface area (Å²) < 4.78 is 18.3. The number of para-hydroxylation sites is 2. The lowest BCUT2D eigenvalue weighted by Crippen LogP contribution is -2.42. The number of aromatic nitrogens is 1. The van der Waals surface area contributed by atoms with Gasteiger partial charge in [-0.05, 0) is 90.1 Å². The molecule has 0 spiro atoms. The first-order chi connectivity index (χ1) is 22.7. The molecule has 0 bridgehead atoms. The molecular weight excluding hydrogens is 596 g/mol. The van der Waals surface area contributed by atoms with E-state index >= 15 is 0 Å². The number of amides is 2. The van der Waals surface area contributed by atoms with Crippen LogP contribution in [-0.4, -0.2) is 77.6 Å². The molecule has 3 aromatic rings. The summed E-state index contributed by atoms with van der Waals surface area (Å²) in [6.07, 6.45) is 8.86. The van der Waals surface area contributed by atoms with Gasteiger partial charge < -0.3 is 23.7 Å². The van der Waals surface area contributed by atoms with Gasteiger partial charge in [-0.1, -0.05) is 42.8 Å². The van der Waals surface area contributed by atoms with Crippen molar-refractivity contribution in [1.29, 1.82) is 0 Å². The van der Waals surface area contributed by atoms with Gasteiger partial charge in [-0.3, -0.25) is 14.6 Å². The molecule has 3 aliphatic heterocycles. The molecule has 2 aromatic carbocycles. The number of anilines is 1. The van der Waals surface area contributed by atoms with E-state index in [1.807, 2.05) is 91.0 Å². The smallest absolute Gasteiger partial charge is 0.444 e. The minimum atomic E-state index is -0.720. The van der Waals surface area contributed by atoms with E-state index in [-0.39, 0.29) is 25.3 Å². The lowest BCUT2D eigenvalue weighted by Gasteiger charge is -2.33. The van der Waals surface area contributed by atoms with Gasteiger partial charge in [0.2, 0.25) is 0 Å². The van der Waals surface area contributed by atoms with E-state index in [9.17, 15) is 14.4 Å².